The van der Waals surface area contributed by atoms with Gasteiger partial charge in [0.25, 0.3) is 0 Å². The van der Waals surface area contributed by atoms with E-state index in [9.17, 15) is 0 Å². The smallest absolute Gasteiger partial charge is 0.343 e. The summed E-state index contributed by atoms with van der Waals surface area (Å²) in [5, 5.41) is 0. The van der Waals surface area contributed by atoms with Crippen LogP contribution in [0.2, 0.25) is 0 Å². The SMILES string of the molecule is C[CH-]C.[CH2-]CCCCCCCCC.[Mg+2]. The van der Waals surface area contributed by atoms with Crippen LogP contribution in [0.4, 0.5) is 0 Å². The van der Waals surface area contributed by atoms with Crippen molar-refractivity contribution in [3.8, 4) is 0 Å². The molecule has 1 heteroatoms. The van der Waals surface area contributed by atoms with E-state index in [4.69, 9.17) is 0 Å². The normalized spacial score (nSPS) is 8.57. The summed E-state index contributed by atoms with van der Waals surface area (Å²) in [4.78, 5) is 0. The Balaban J connectivity index is -0.000000267. The van der Waals surface area contributed by atoms with Crippen molar-refractivity contribution in [2.24, 2.45) is 0 Å². The van der Waals surface area contributed by atoms with Crippen molar-refractivity contribution in [1.82, 2.24) is 0 Å². The predicted octanol–water partition coefficient (Wildman–Crippen LogP) is 4.81. The fraction of sp³-hybridized carbons (Fsp3) is 0.846. The van der Waals surface area contributed by atoms with Gasteiger partial charge in [0.05, 0.1) is 0 Å². The van der Waals surface area contributed by atoms with E-state index >= 15 is 0 Å². The third kappa shape index (κ3) is 29.3. The molecule has 0 aromatic rings. The topological polar surface area (TPSA) is 0 Å². The minimum atomic E-state index is 0. The average Bonchev–Trinajstić information content (AvgIpc) is 2.13. The predicted molar refractivity (Wildman–Crippen MR) is 69.4 cm³/mol. The Hall–Kier alpha value is 0.766. The molecule has 0 aromatic carbocycles. The molecule has 0 heterocycles. The molecule has 0 radical (unpaired) electrons. The molecule has 0 unspecified atom stereocenters. The van der Waals surface area contributed by atoms with Gasteiger partial charge in [-0.05, 0) is 0 Å². The molecular weight excluding hydrogens is 180 g/mol. The molecule has 0 amide bonds. The molecule has 0 aliphatic rings. The van der Waals surface area contributed by atoms with Gasteiger partial charge in [-0.25, -0.2) is 0 Å². The van der Waals surface area contributed by atoms with E-state index in [0.29, 0.717) is 0 Å². The quantitative estimate of drug-likeness (QED) is 0.320. The second kappa shape index (κ2) is 23.5. The van der Waals surface area contributed by atoms with Crippen LogP contribution < -0.4 is 0 Å². The largest absolute Gasteiger partial charge is 2.00 e. The maximum absolute atomic E-state index is 3.82. The fourth-order valence-electron chi connectivity index (χ4n) is 1.13. The van der Waals surface area contributed by atoms with Crippen LogP contribution in [-0.4, -0.2) is 23.1 Å². The molecule has 0 atom stereocenters. The van der Waals surface area contributed by atoms with Gasteiger partial charge in [0.15, 0.2) is 0 Å². The monoisotopic (exact) mass is 208 g/mol. The van der Waals surface area contributed by atoms with Crippen molar-refractivity contribution >= 4 is 23.1 Å². The van der Waals surface area contributed by atoms with Crippen molar-refractivity contribution in [2.45, 2.75) is 72.1 Å². The molecular formula is C13H28Mg. The van der Waals surface area contributed by atoms with Crippen LogP contribution in [0.15, 0.2) is 0 Å². The van der Waals surface area contributed by atoms with Gasteiger partial charge in [-0.3, -0.25) is 0 Å². The van der Waals surface area contributed by atoms with Crippen LogP contribution in [0.1, 0.15) is 72.1 Å². The summed E-state index contributed by atoms with van der Waals surface area (Å²) >= 11 is 0. The minimum Gasteiger partial charge on any atom is -0.343 e. The Morgan fingerprint density at radius 2 is 1.21 bits per heavy atom. The first-order valence-corrected chi connectivity index (χ1v) is 5.86. The Kier molecular flexibility index (Phi) is 34.0. The molecule has 0 saturated heterocycles. The molecule has 0 bridgehead atoms. The Morgan fingerprint density at radius 3 is 1.57 bits per heavy atom. The first-order chi connectivity index (χ1) is 6.33. The molecule has 0 aliphatic carbocycles. The maximum Gasteiger partial charge on any atom is 2.00 e. The zero-order valence-corrected chi connectivity index (χ0v) is 12.1. The number of hydrogen-bond acceptors (Lipinski definition) is 0. The van der Waals surface area contributed by atoms with E-state index < -0.39 is 0 Å². The van der Waals surface area contributed by atoms with Crippen molar-refractivity contribution in [3.63, 3.8) is 0 Å². The van der Waals surface area contributed by atoms with Crippen LogP contribution in [0.25, 0.3) is 0 Å². The zero-order chi connectivity index (χ0) is 10.4. The summed E-state index contributed by atoms with van der Waals surface area (Å²) in [6.45, 7) is 10.1. The number of rotatable bonds is 7. The number of hydrogen-bond donors (Lipinski definition) is 0. The van der Waals surface area contributed by atoms with Gasteiger partial charge in [-0.15, -0.1) is 0 Å². The summed E-state index contributed by atoms with van der Waals surface area (Å²) in [6, 6.07) is 0. The van der Waals surface area contributed by atoms with Gasteiger partial charge in [0.1, 0.15) is 0 Å². The van der Waals surface area contributed by atoms with Crippen LogP contribution in [0.3, 0.4) is 0 Å². The minimum absolute atomic E-state index is 0. The van der Waals surface area contributed by atoms with Gasteiger partial charge < -0.3 is 13.3 Å². The molecule has 82 valence electrons. The molecule has 0 saturated carbocycles. The van der Waals surface area contributed by atoms with Crippen LogP contribution in [0.5, 0.6) is 0 Å². The van der Waals surface area contributed by atoms with Gasteiger partial charge >= 0.3 is 23.1 Å². The van der Waals surface area contributed by atoms with E-state index in [1.54, 1.807) is 0 Å². The summed E-state index contributed by atoms with van der Waals surface area (Å²) in [6.07, 6.45) is 12.9. The van der Waals surface area contributed by atoms with Crippen molar-refractivity contribution in [3.05, 3.63) is 13.3 Å². The van der Waals surface area contributed by atoms with Crippen LogP contribution in [-0.2, 0) is 0 Å². The molecule has 0 N–H and O–H groups in total. The summed E-state index contributed by atoms with van der Waals surface area (Å²) < 4.78 is 0. The third-order valence-electron chi connectivity index (χ3n) is 1.85. The Morgan fingerprint density at radius 1 is 0.857 bits per heavy atom. The van der Waals surface area contributed by atoms with Crippen LogP contribution in [0, 0.1) is 13.3 Å². The van der Waals surface area contributed by atoms with Crippen molar-refractivity contribution in [1.29, 1.82) is 0 Å². The van der Waals surface area contributed by atoms with Gasteiger partial charge in [0.2, 0.25) is 0 Å². The fourth-order valence-corrected chi connectivity index (χ4v) is 1.13. The van der Waals surface area contributed by atoms with Gasteiger partial charge in [-0.2, -0.15) is 20.3 Å². The molecule has 0 fully saturated rings. The van der Waals surface area contributed by atoms with Gasteiger partial charge in [0, 0.05) is 0 Å². The van der Waals surface area contributed by atoms with Crippen molar-refractivity contribution < 1.29 is 0 Å². The standard InChI is InChI=1S/C10H21.C3H7.Mg/c1-3-5-7-9-10-8-6-4-2;1-3-2;/h1,3-10H2,2H3;3H,1-2H3;/q2*-1;+2. The van der Waals surface area contributed by atoms with E-state index in [1.807, 2.05) is 20.3 Å². The van der Waals surface area contributed by atoms with E-state index in [1.165, 1.54) is 44.9 Å². The zero-order valence-electron chi connectivity index (χ0n) is 10.6. The Labute approximate surface area is 108 Å². The van der Waals surface area contributed by atoms with Gasteiger partial charge in [-0.1, -0.05) is 51.9 Å². The first kappa shape index (κ1) is 20.2. The molecule has 0 rings (SSSR count). The molecule has 0 spiro atoms. The molecule has 0 aromatic heterocycles. The Bertz CT molecular complexity index is 54.3. The third-order valence-corrected chi connectivity index (χ3v) is 1.85. The number of unbranched alkanes of at least 4 members (excludes halogenated alkanes) is 7. The second-order valence-electron chi connectivity index (χ2n) is 3.55. The first-order valence-electron chi connectivity index (χ1n) is 5.86. The van der Waals surface area contributed by atoms with E-state index in [0.717, 1.165) is 6.42 Å². The van der Waals surface area contributed by atoms with Crippen LogP contribution >= 0.6 is 0 Å². The molecule has 0 nitrogen and oxygen atoms in total. The summed E-state index contributed by atoms with van der Waals surface area (Å²) in [7, 11) is 0. The summed E-state index contributed by atoms with van der Waals surface area (Å²) in [5.41, 5.74) is 0. The van der Waals surface area contributed by atoms with E-state index in [2.05, 4.69) is 13.8 Å². The van der Waals surface area contributed by atoms with Crippen molar-refractivity contribution in [2.75, 3.05) is 0 Å². The molecule has 14 heavy (non-hydrogen) atoms. The second-order valence-corrected chi connectivity index (χ2v) is 3.55. The molecule has 0 aliphatic heterocycles. The van der Waals surface area contributed by atoms with E-state index in [-0.39, 0.29) is 23.1 Å². The summed E-state index contributed by atoms with van der Waals surface area (Å²) in [5.74, 6) is 0. The average molecular weight is 209 g/mol. The maximum atomic E-state index is 3.82.